The van der Waals surface area contributed by atoms with Crippen molar-refractivity contribution in [3.63, 3.8) is 0 Å². The Morgan fingerprint density at radius 2 is 1.94 bits per heavy atom. The van der Waals surface area contributed by atoms with E-state index < -0.39 is 0 Å². The highest BCUT2D eigenvalue weighted by Crippen LogP contribution is 2.25. The van der Waals surface area contributed by atoms with Gasteiger partial charge in [-0.1, -0.05) is 0 Å². The third-order valence-electron chi connectivity index (χ3n) is 3.86. The fraction of sp³-hybridized carbons (Fsp3) is 0.923. The van der Waals surface area contributed by atoms with Crippen LogP contribution in [0.1, 0.15) is 26.7 Å². The Bertz CT molecular complexity index is 288. The number of methoxy groups -OCH3 is 1. The lowest BCUT2D eigenvalue weighted by molar-refractivity contribution is -0.134. The van der Waals surface area contributed by atoms with Crippen LogP contribution in [0.15, 0.2) is 0 Å². The molecule has 1 unspecified atom stereocenters. The average molecular weight is 256 g/mol. The van der Waals surface area contributed by atoms with Crippen LogP contribution in [0.3, 0.4) is 0 Å². The number of ether oxygens (including phenoxy) is 2. The first-order chi connectivity index (χ1) is 8.60. The van der Waals surface area contributed by atoms with Crippen LogP contribution in [0.2, 0.25) is 0 Å². The molecule has 0 spiro atoms. The summed E-state index contributed by atoms with van der Waals surface area (Å²) in [5.74, 6) is 0.217. The highest BCUT2D eigenvalue weighted by atomic mass is 16.5. The van der Waals surface area contributed by atoms with Gasteiger partial charge < -0.3 is 20.1 Å². The summed E-state index contributed by atoms with van der Waals surface area (Å²) in [5.41, 5.74) is 0. The molecule has 2 N–H and O–H groups in total. The molecule has 18 heavy (non-hydrogen) atoms. The molecular formula is C13H24N2O3. The predicted molar refractivity (Wildman–Crippen MR) is 68.3 cm³/mol. The molecule has 2 fully saturated rings. The van der Waals surface area contributed by atoms with Crippen molar-refractivity contribution in [3.05, 3.63) is 0 Å². The number of carbonyl (C=O) groups is 1. The normalized spacial score (nSPS) is 40.7. The molecule has 2 rings (SSSR count). The first-order valence-electron chi connectivity index (χ1n) is 6.79. The Labute approximate surface area is 109 Å². The molecule has 5 atom stereocenters. The van der Waals surface area contributed by atoms with Gasteiger partial charge in [-0.2, -0.15) is 0 Å². The summed E-state index contributed by atoms with van der Waals surface area (Å²) in [6.45, 7) is 5.66. The number of carbonyl (C=O) groups excluding carboxylic acids is 1. The minimum atomic E-state index is 0.0712. The van der Waals surface area contributed by atoms with Crippen LogP contribution in [0.4, 0.5) is 0 Å². The van der Waals surface area contributed by atoms with Crippen molar-refractivity contribution in [2.75, 3.05) is 20.2 Å². The van der Waals surface area contributed by atoms with Crippen LogP contribution in [-0.4, -0.2) is 50.5 Å². The summed E-state index contributed by atoms with van der Waals surface area (Å²) >= 11 is 0. The smallest absolute Gasteiger partial charge is 0.223 e. The molecule has 2 aliphatic heterocycles. The van der Waals surface area contributed by atoms with Gasteiger partial charge in [0.05, 0.1) is 24.4 Å². The number of hydrogen-bond acceptors (Lipinski definition) is 4. The summed E-state index contributed by atoms with van der Waals surface area (Å²) in [6.07, 6.45) is 2.06. The second-order valence-corrected chi connectivity index (χ2v) is 5.47. The molecular weight excluding hydrogens is 232 g/mol. The van der Waals surface area contributed by atoms with Gasteiger partial charge in [0, 0.05) is 26.1 Å². The Balaban J connectivity index is 1.87. The van der Waals surface area contributed by atoms with Gasteiger partial charge >= 0.3 is 0 Å². The molecule has 2 heterocycles. The summed E-state index contributed by atoms with van der Waals surface area (Å²) in [7, 11) is 1.69. The molecule has 0 aromatic heterocycles. The zero-order chi connectivity index (χ0) is 13.1. The van der Waals surface area contributed by atoms with Crippen molar-refractivity contribution in [2.24, 2.45) is 5.92 Å². The maximum Gasteiger partial charge on any atom is 0.223 e. The molecule has 1 amide bonds. The SMILES string of the molecule is CO[C@H]1CNC[C@H]1NC(=O)C1C[C@@H](C)O[C@@H](C)C1. The molecule has 0 aromatic carbocycles. The van der Waals surface area contributed by atoms with Crippen LogP contribution >= 0.6 is 0 Å². The molecule has 0 bridgehead atoms. The minimum absolute atomic E-state index is 0.0712. The number of nitrogens with one attached hydrogen (secondary N) is 2. The van der Waals surface area contributed by atoms with E-state index in [1.54, 1.807) is 7.11 Å². The Kier molecular flexibility index (Phi) is 4.59. The van der Waals surface area contributed by atoms with Gasteiger partial charge in [-0.25, -0.2) is 0 Å². The topological polar surface area (TPSA) is 59.6 Å². The van der Waals surface area contributed by atoms with E-state index in [1.165, 1.54) is 0 Å². The van der Waals surface area contributed by atoms with Gasteiger partial charge in [-0.05, 0) is 26.7 Å². The lowest BCUT2D eigenvalue weighted by Gasteiger charge is -2.32. The number of rotatable bonds is 3. The van der Waals surface area contributed by atoms with E-state index in [4.69, 9.17) is 9.47 Å². The van der Waals surface area contributed by atoms with E-state index in [-0.39, 0.29) is 36.2 Å². The van der Waals surface area contributed by atoms with E-state index in [2.05, 4.69) is 10.6 Å². The first-order valence-corrected chi connectivity index (χ1v) is 6.79. The van der Waals surface area contributed by atoms with Gasteiger partial charge in [0.25, 0.3) is 0 Å². The van der Waals surface area contributed by atoms with E-state index in [9.17, 15) is 4.79 Å². The third-order valence-corrected chi connectivity index (χ3v) is 3.86. The molecule has 0 aromatic rings. The second kappa shape index (κ2) is 5.99. The minimum Gasteiger partial charge on any atom is -0.378 e. The van der Waals surface area contributed by atoms with Gasteiger partial charge in [-0.15, -0.1) is 0 Å². The monoisotopic (exact) mass is 256 g/mol. The highest BCUT2D eigenvalue weighted by Gasteiger charge is 2.33. The second-order valence-electron chi connectivity index (χ2n) is 5.47. The number of amides is 1. The lowest BCUT2D eigenvalue weighted by Crippen LogP contribution is -2.48. The van der Waals surface area contributed by atoms with Gasteiger partial charge in [0.2, 0.25) is 5.91 Å². The van der Waals surface area contributed by atoms with Crippen LogP contribution in [-0.2, 0) is 14.3 Å². The summed E-state index contributed by atoms with van der Waals surface area (Å²) < 4.78 is 11.0. The molecule has 0 saturated carbocycles. The largest absolute Gasteiger partial charge is 0.378 e. The van der Waals surface area contributed by atoms with Crippen molar-refractivity contribution in [3.8, 4) is 0 Å². The summed E-state index contributed by atoms with van der Waals surface area (Å²) in [4.78, 5) is 12.3. The van der Waals surface area contributed by atoms with Gasteiger partial charge in [0.15, 0.2) is 0 Å². The molecule has 2 saturated heterocycles. The Morgan fingerprint density at radius 1 is 1.28 bits per heavy atom. The number of hydrogen-bond donors (Lipinski definition) is 2. The van der Waals surface area contributed by atoms with Crippen molar-refractivity contribution in [1.29, 1.82) is 0 Å². The molecule has 2 aliphatic rings. The molecule has 5 heteroatoms. The van der Waals surface area contributed by atoms with Crippen molar-refractivity contribution in [1.82, 2.24) is 10.6 Å². The first kappa shape index (κ1) is 13.8. The standard InChI is InChI=1S/C13H24N2O3/c1-8-4-10(5-9(2)18-8)13(16)15-11-6-14-7-12(11)17-3/h8-12,14H,4-7H2,1-3H3,(H,15,16)/t8-,9+,10?,11-,12+/m1/s1. The van der Waals surface area contributed by atoms with E-state index in [0.29, 0.717) is 0 Å². The van der Waals surface area contributed by atoms with Crippen molar-refractivity contribution in [2.45, 2.75) is 51.0 Å². The highest BCUT2D eigenvalue weighted by molar-refractivity contribution is 5.79. The molecule has 0 radical (unpaired) electrons. The maximum absolute atomic E-state index is 12.3. The Morgan fingerprint density at radius 3 is 2.56 bits per heavy atom. The van der Waals surface area contributed by atoms with Gasteiger partial charge in [-0.3, -0.25) is 4.79 Å². The Hall–Kier alpha value is -0.650. The average Bonchev–Trinajstić information content (AvgIpc) is 2.75. The quantitative estimate of drug-likeness (QED) is 0.762. The van der Waals surface area contributed by atoms with E-state index in [1.807, 2.05) is 13.8 Å². The fourth-order valence-electron chi connectivity index (χ4n) is 2.97. The zero-order valence-corrected chi connectivity index (χ0v) is 11.4. The maximum atomic E-state index is 12.3. The summed E-state index contributed by atoms with van der Waals surface area (Å²) in [5, 5.41) is 6.34. The van der Waals surface area contributed by atoms with Crippen LogP contribution in [0.25, 0.3) is 0 Å². The molecule has 0 aliphatic carbocycles. The van der Waals surface area contributed by atoms with Gasteiger partial charge in [0.1, 0.15) is 0 Å². The van der Waals surface area contributed by atoms with Crippen LogP contribution in [0, 0.1) is 5.92 Å². The van der Waals surface area contributed by atoms with Crippen molar-refractivity contribution < 1.29 is 14.3 Å². The van der Waals surface area contributed by atoms with Crippen LogP contribution < -0.4 is 10.6 Å². The zero-order valence-electron chi connectivity index (χ0n) is 11.4. The van der Waals surface area contributed by atoms with E-state index in [0.717, 1.165) is 25.9 Å². The molecule has 5 nitrogen and oxygen atoms in total. The predicted octanol–water partition coefficient (Wildman–Crippen LogP) is 0.293. The summed E-state index contributed by atoms with van der Waals surface area (Å²) in [6, 6.07) is 0.0935. The third kappa shape index (κ3) is 3.22. The molecule has 104 valence electrons. The fourth-order valence-corrected chi connectivity index (χ4v) is 2.97. The lowest BCUT2D eigenvalue weighted by atomic mass is 9.91. The van der Waals surface area contributed by atoms with E-state index >= 15 is 0 Å². The van der Waals surface area contributed by atoms with Crippen LogP contribution in [0.5, 0.6) is 0 Å². The van der Waals surface area contributed by atoms with Crippen molar-refractivity contribution >= 4 is 5.91 Å².